The molecule has 0 aromatic heterocycles. The molecule has 17 heavy (non-hydrogen) atoms. The van der Waals surface area contributed by atoms with Crippen LogP contribution in [0.4, 0.5) is 0 Å². The van der Waals surface area contributed by atoms with E-state index in [9.17, 15) is 8.42 Å². The van der Waals surface area contributed by atoms with E-state index in [1.54, 1.807) is 18.2 Å². The van der Waals surface area contributed by atoms with E-state index in [1.807, 2.05) is 6.07 Å². The highest BCUT2D eigenvalue weighted by molar-refractivity contribution is 7.90. The molecule has 0 saturated heterocycles. The average Bonchev–Trinajstić information content (AvgIpc) is 2.97. The van der Waals surface area contributed by atoms with Crippen LogP contribution in [0.25, 0.3) is 0 Å². The van der Waals surface area contributed by atoms with Crippen LogP contribution in [0.1, 0.15) is 32.3 Å². The molecule has 3 nitrogen and oxygen atoms in total. The second-order valence-corrected chi connectivity index (χ2v) is 7.60. The first-order valence-electron chi connectivity index (χ1n) is 5.76. The second kappa shape index (κ2) is 3.56. The number of rotatable bonds is 3. The first kappa shape index (κ1) is 12.6. The summed E-state index contributed by atoms with van der Waals surface area (Å²) in [5, 5.41) is 0. The Morgan fingerprint density at radius 1 is 1.29 bits per heavy atom. The Morgan fingerprint density at radius 2 is 1.88 bits per heavy atom. The molecule has 1 aromatic carbocycles. The molecule has 0 spiro atoms. The topological polar surface area (TPSA) is 60.2 Å². The maximum Gasteiger partial charge on any atom is 0.175 e. The number of sulfone groups is 1. The van der Waals surface area contributed by atoms with Gasteiger partial charge in [0.25, 0.3) is 0 Å². The Kier molecular flexibility index (Phi) is 2.64. The number of hydrogen-bond acceptors (Lipinski definition) is 3. The molecule has 1 aromatic rings. The van der Waals surface area contributed by atoms with E-state index < -0.39 is 9.84 Å². The van der Waals surface area contributed by atoms with Crippen molar-refractivity contribution in [3.8, 4) is 0 Å². The van der Waals surface area contributed by atoms with E-state index in [0.717, 1.165) is 18.4 Å². The van der Waals surface area contributed by atoms with Gasteiger partial charge in [0, 0.05) is 17.2 Å². The van der Waals surface area contributed by atoms with Crippen LogP contribution >= 0.6 is 0 Å². The molecule has 0 heterocycles. The van der Waals surface area contributed by atoms with Crippen LogP contribution in [0.15, 0.2) is 29.2 Å². The maximum atomic E-state index is 11.5. The monoisotopic (exact) mass is 253 g/mol. The molecule has 2 N–H and O–H groups in total. The molecular formula is C13H19NO2S. The van der Waals surface area contributed by atoms with Gasteiger partial charge in [-0.3, -0.25) is 0 Å². The standard InChI is InChI=1S/C13H19NO2S/c1-12(2,13(14)7-8-13)10-5-4-6-11(9-10)17(3,15)16/h4-6,9H,7-8,14H2,1-3H3. The molecule has 1 saturated carbocycles. The van der Waals surface area contributed by atoms with Crippen molar-refractivity contribution >= 4 is 9.84 Å². The summed E-state index contributed by atoms with van der Waals surface area (Å²) in [4.78, 5) is 0.368. The Bertz CT molecular complexity index is 542. The van der Waals surface area contributed by atoms with Gasteiger partial charge in [-0.25, -0.2) is 8.42 Å². The van der Waals surface area contributed by atoms with Crippen molar-refractivity contribution in [3.05, 3.63) is 29.8 Å². The minimum Gasteiger partial charge on any atom is -0.324 e. The first-order chi connectivity index (χ1) is 7.67. The van der Waals surface area contributed by atoms with Gasteiger partial charge in [-0.15, -0.1) is 0 Å². The quantitative estimate of drug-likeness (QED) is 0.894. The Labute approximate surface area is 103 Å². The number of hydrogen-bond donors (Lipinski definition) is 1. The fourth-order valence-corrected chi connectivity index (χ4v) is 2.83. The number of nitrogens with two attached hydrogens (primary N) is 1. The molecule has 2 rings (SSSR count). The Hall–Kier alpha value is -0.870. The lowest BCUT2D eigenvalue weighted by Crippen LogP contribution is -2.43. The van der Waals surface area contributed by atoms with E-state index in [1.165, 1.54) is 6.26 Å². The van der Waals surface area contributed by atoms with Crippen LogP contribution in [0, 0.1) is 0 Å². The summed E-state index contributed by atoms with van der Waals surface area (Å²) in [5.41, 5.74) is 6.90. The van der Waals surface area contributed by atoms with E-state index in [-0.39, 0.29) is 11.0 Å². The second-order valence-electron chi connectivity index (χ2n) is 5.58. The summed E-state index contributed by atoms with van der Waals surface area (Å²) in [6.45, 7) is 4.17. The van der Waals surface area contributed by atoms with Crippen molar-refractivity contribution in [2.24, 2.45) is 5.73 Å². The van der Waals surface area contributed by atoms with Gasteiger partial charge in [-0.2, -0.15) is 0 Å². The van der Waals surface area contributed by atoms with Gasteiger partial charge in [0.1, 0.15) is 0 Å². The molecule has 0 radical (unpaired) electrons. The smallest absolute Gasteiger partial charge is 0.175 e. The zero-order chi connectivity index (χ0) is 12.9. The Morgan fingerprint density at radius 3 is 2.35 bits per heavy atom. The van der Waals surface area contributed by atoms with Gasteiger partial charge in [0.15, 0.2) is 9.84 Å². The van der Waals surface area contributed by atoms with Crippen molar-refractivity contribution in [1.82, 2.24) is 0 Å². The lowest BCUT2D eigenvalue weighted by Gasteiger charge is -2.32. The van der Waals surface area contributed by atoms with Crippen LogP contribution in [0.2, 0.25) is 0 Å². The number of benzene rings is 1. The largest absolute Gasteiger partial charge is 0.324 e. The molecule has 1 fully saturated rings. The molecule has 1 aliphatic rings. The molecule has 0 atom stereocenters. The minimum atomic E-state index is -3.15. The molecule has 94 valence electrons. The van der Waals surface area contributed by atoms with Crippen molar-refractivity contribution in [3.63, 3.8) is 0 Å². The summed E-state index contributed by atoms with van der Waals surface area (Å²) in [7, 11) is -3.15. The van der Waals surface area contributed by atoms with Crippen LogP contribution in [-0.4, -0.2) is 20.2 Å². The minimum absolute atomic E-state index is 0.177. The highest BCUT2D eigenvalue weighted by atomic mass is 32.2. The zero-order valence-electron chi connectivity index (χ0n) is 10.5. The Balaban J connectivity index is 2.47. The van der Waals surface area contributed by atoms with Crippen molar-refractivity contribution < 1.29 is 8.42 Å². The van der Waals surface area contributed by atoms with Crippen LogP contribution in [0.3, 0.4) is 0 Å². The first-order valence-corrected chi connectivity index (χ1v) is 7.65. The molecule has 0 amide bonds. The SMILES string of the molecule is CC(C)(c1cccc(S(C)(=O)=O)c1)C1(N)CC1. The fourth-order valence-electron chi connectivity index (χ4n) is 2.16. The molecule has 0 unspecified atom stereocenters. The molecule has 1 aliphatic carbocycles. The van der Waals surface area contributed by atoms with Gasteiger partial charge in [0.2, 0.25) is 0 Å². The highest BCUT2D eigenvalue weighted by Crippen LogP contribution is 2.49. The molecular weight excluding hydrogens is 234 g/mol. The third-order valence-electron chi connectivity index (χ3n) is 4.02. The van der Waals surface area contributed by atoms with Gasteiger partial charge < -0.3 is 5.73 Å². The highest BCUT2D eigenvalue weighted by Gasteiger charge is 2.51. The van der Waals surface area contributed by atoms with Gasteiger partial charge in [-0.05, 0) is 30.5 Å². The van der Waals surface area contributed by atoms with E-state index >= 15 is 0 Å². The predicted molar refractivity (Wildman–Crippen MR) is 68.7 cm³/mol. The molecule has 0 bridgehead atoms. The summed E-state index contributed by atoms with van der Waals surface area (Å²) >= 11 is 0. The van der Waals surface area contributed by atoms with E-state index in [4.69, 9.17) is 5.73 Å². The predicted octanol–water partition coefficient (Wildman–Crippen LogP) is 1.86. The summed E-state index contributed by atoms with van der Waals surface area (Å²) < 4.78 is 23.1. The van der Waals surface area contributed by atoms with Crippen LogP contribution in [0.5, 0.6) is 0 Å². The summed E-state index contributed by atoms with van der Waals surface area (Å²) in [5.74, 6) is 0. The zero-order valence-corrected chi connectivity index (χ0v) is 11.3. The van der Waals surface area contributed by atoms with Crippen molar-refractivity contribution in [2.75, 3.05) is 6.26 Å². The van der Waals surface area contributed by atoms with Gasteiger partial charge in [-0.1, -0.05) is 26.0 Å². The van der Waals surface area contributed by atoms with E-state index in [0.29, 0.717) is 4.90 Å². The molecule has 4 heteroatoms. The lowest BCUT2D eigenvalue weighted by molar-refractivity contribution is 0.390. The van der Waals surface area contributed by atoms with Crippen molar-refractivity contribution in [1.29, 1.82) is 0 Å². The summed E-state index contributed by atoms with van der Waals surface area (Å²) in [6, 6.07) is 7.13. The van der Waals surface area contributed by atoms with Crippen molar-refractivity contribution in [2.45, 2.75) is 42.5 Å². The van der Waals surface area contributed by atoms with Crippen LogP contribution < -0.4 is 5.73 Å². The lowest BCUT2D eigenvalue weighted by atomic mass is 9.76. The van der Waals surface area contributed by atoms with Gasteiger partial charge >= 0.3 is 0 Å². The third-order valence-corrected chi connectivity index (χ3v) is 5.13. The van der Waals surface area contributed by atoms with Crippen LogP contribution in [-0.2, 0) is 15.3 Å². The van der Waals surface area contributed by atoms with Gasteiger partial charge in [0.05, 0.1) is 4.90 Å². The average molecular weight is 253 g/mol. The summed E-state index contributed by atoms with van der Waals surface area (Å²) in [6.07, 6.45) is 3.24. The fraction of sp³-hybridized carbons (Fsp3) is 0.538. The normalized spacial score (nSPS) is 19.1. The maximum absolute atomic E-state index is 11.5. The molecule has 0 aliphatic heterocycles. The van der Waals surface area contributed by atoms with E-state index in [2.05, 4.69) is 13.8 Å². The third kappa shape index (κ3) is 2.11.